The van der Waals surface area contributed by atoms with E-state index in [0.29, 0.717) is 22.6 Å². The zero-order valence-corrected chi connectivity index (χ0v) is 13.7. The number of methoxy groups -OCH3 is 2. The number of ether oxygens (including phenoxy) is 2. The van der Waals surface area contributed by atoms with Crippen molar-refractivity contribution in [2.24, 2.45) is 0 Å². The molecule has 20 heavy (non-hydrogen) atoms. The Balaban J connectivity index is 2.62. The van der Waals surface area contributed by atoms with Gasteiger partial charge in [-0.2, -0.15) is 0 Å². The molecule has 1 unspecified atom stereocenters. The Kier molecular flexibility index (Phi) is 7.60. The average molecular weight is 300 g/mol. The number of halogens is 1. The molecule has 1 atom stereocenters. The second kappa shape index (κ2) is 8.96. The molecule has 0 aliphatic heterocycles. The molecule has 114 valence electrons. The average Bonchev–Trinajstić information content (AvgIpc) is 2.45. The maximum Gasteiger partial charge on any atom is 0.162 e. The predicted molar refractivity (Wildman–Crippen MR) is 86.4 cm³/mol. The zero-order valence-electron chi connectivity index (χ0n) is 13.0. The van der Waals surface area contributed by atoms with Crippen molar-refractivity contribution in [2.75, 3.05) is 19.5 Å². The number of nitrogens with one attached hydrogen (secondary N) is 1. The van der Waals surface area contributed by atoms with Crippen molar-refractivity contribution in [3.8, 4) is 11.5 Å². The Labute approximate surface area is 127 Å². The van der Waals surface area contributed by atoms with Gasteiger partial charge in [0.2, 0.25) is 0 Å². The van der Waals surface area contributed by atoms with Crippen LogP contribution in [0.3, 0.4) is 0 Å². The minimum Gasteiger partial charge on any atom is -0.493 e. The fourth-order valence-corrected chi connectivity index (χ4v) is 2.39. The zero-order chi connectivity index (χ0) is 15.0. The summed E-state index contributed by atoms with van der Waals surface area (Å²) in [6.45, 7) is 4.41. The lowest BCUT2D eigenvalue weighted by Crippen LogP contribution is -2.15. The van der Waals surface area contributed by atoms with E-state index in [-0.39, 0.29) is 0 Å². The lowest BCUT2D eigenvalue weighted by molar-refractivity contribution is 0.355. The van der Waals surface area contributed by atoms with Crippen LogP contribution in [0, 0.1) is 0 Å². The summed E-state index contributed by atoms with van der Waals surface area (Å²) in [7, 11) is 3.24. The number of benzene rings is 1. The first-order valence-electron chi connectivity index (χ1n) is 7.30. The van der Waals surface area contributed by atoms with Gasteiger partial charge in [-0.15, -0.1) is 0 Å². The third-order valence-corrected chi connectivity index (χ3v) is 3.68. The van der Waals surface area contributed by atoms with Gasteiger partial charge in [0, 0.05) is 18.2 Å². The maximum absolute atomic E-state index is 6.27. The largest absolute Gasteiger partial charge is 0.493 e. The van der Waals surface area contributed by atoms with E-state index in [0.717, 1.165) is 12.1 Å². The van der Waals surface area contributed by atoms with E-state index in [1.807, 2.05) is 6.07 Å². The van der Waals surface area contributed by atoms with Gasteiger partial charge in [0.25, 0.3) is 0 Å². The van der Waals surface area contributed by atoms with E-state index in [1.54, 1.807) is 20.3 Å². The van der Waals surface area contributed by atoms with Crippen LogP contribution < -0.4 is 14.8 Å². The normalized spacial score (nSPS) is 12.1. The molecule has 0 radical (unpaired) electrons. The summed E-state index contributed by atoms with van der Waals surface area (Å²) in [5, 5.41) is 4.10. The maximum atomic E-state index is 6.27. The van der Waals surface area contributed by atoms with Gasteiger partial charge >= 0.3 is 0 Å². The van der Waals surface area contributed by atoms with Crippen LogP contribution in [0.1, 0.15) is 46.0 Å². The Hall–Kier alpha value is -1.09. The van der Waals surface area contributed by atoms with Crippen LogP contribution in [0.5, 0.6) is 11.5 Å². The van der Waals surface area contributed by atoms with E-state index >= 15 is 0 Å². The molecule has 1 aromatic rings. The van der Waals surface area contributed by atoms with Gasteiger partial charge < -0.3 is 14.8 Å². The van der Waals surface area contributed by atoms with Crippen LogP contribution in [0.4, 0.5) is 5.69 Å². The molecule has 0 bridgehead atoms. The third-order valence-electron chi connectivity index (χ3n) is 3.37. The molecule has 0 saturated carbocycles. The van der Waals surface area contributed by atoms with Gasteiger partial charge in [0.1, 0.15) is 0 Å². The molecular weight excluding hydrogens is 274 g/mol. The van der Waals surface area contributed by atoms with Gasteiger partial charge in [-0.3, -0.25) is 0 Å². The third kappa shape index (κ3) is 5.12. The molecule has 0 aliphatic carbocycles. The SMILES string of the molecule is CCCCCCC(C)Nc1cc(OC)c(OC)cc1Cl. The Bertz CT molecular complexity index is 410. The summed E-state index contributed by atoms with van der Waals surface area (Å²) in [6.07, 6.45) is 6.26. The van der Waals surface area contributed by atoms with Crippen LogP contribution in [0.15, 0.2) is 12.1 Å². The van der Waals surface area contributed by atoms with E-state index < -0.39 is 0 Å². The second-order valence-electron chi connectivity index (χ2n) is 5.08. The van der Waals surface area contributed by atoms with E-state index in [1.165, 1.54) is 25.7 Å². The molecule has 1 aromatic carbocycles. The summed E-state index contributed by atoms with van der Waals surface area (Å²) < 4.78 is 10.5. The van der Waals surface area contributed by atoms with Crippen molar-refractivity contribution in [2.45, 2.75) is 52.0 Å². The molecule has 0 fully saturated rings. The Morgan fingerprint density at radius 3 is 2.35 bits per heavy atom. The monoisotopic (exact) mass is 299 g/mol. The molecule has 0 aromatic heterocycles. The quantitative estimate of drug-likeness (QED) is 0.641. The first-order chi connectivity index (χ1) is 9.62. The molecule has 4 heteroatoms. The molecule has 1 N–H and O–H groups in total. The number of unbranched alkanes of at least 4 members (excludes halogenated alkanes) is 3. The van der Waals surface area contributed by atoms with E-state index in [9.17, 15) is 0 Å². The Morgan fingerprint density at radius 1 is 1.10 bits per heavy atom. The standard InChI is InChI=1S/C16H26ClNO2/c1-5-6-7-8-9-12(2)18-14-11-16(20-4)15(19-3)10-13(14)17/h10-12,18H,5-9H2,1-4H3. The smallest absolute Gasteiger partial charge is 0.162 e. The van der Waals surface area contributed by atoms with Crippen LogP contribution in [-0.2, 0) is 0 Å². The van der Waals surface area contributed by atoms with Gasteiger partial charge in [-0.05, 0) is 13.3 Å². The fraction of sp³-hybridized carbons (Fsp3) is 0.625. The first-order valence-corrected chi connectivity index (χ1v) is 7.68. The Morgan fingerprint density at radius 2 is 1.75 bits per heavy atom. The molecular formula is C16H26ClNO2. The fourth-order valence-electron chi connectivity index (χ4n) is 2.18. The molecule has 0 aliphatic rings. The number of hydrogen-bond acceptors (Lipinski definition) is 3. The highest BCUT2D eigenvalue weighted by molar-refractivity contribution is 6.33. The summed E-state index contributed by atoms with van der Waals surface area (Å²) in [5.74, 6) is 1.34. The second-order valence-corrected chi connectivity index (χ2v) is 5.49. The highest BCUT2D eigenvalue weighted by Crippen LogP contribution is 2.36. The summed E-state index contributed by atoms with van der Waals surface area (Å²) in [4.78, 5) is 0. The van der Waals surface area contributed by atoms with Gasteiger partial charge in [-0.25, -0.2) is 0 Å². The van der Waals surface area contributed by atoms with Crippen LogP contribution in [0.25, 0.3) is 0 Å². The van der Waals surface area contributed by atoms with E-state index in [4.69, 9.17) is 21.1 Å². The van der Waals surface area contributed by atoms with Crippen LogP contribution in [-0.4, -0.2) is 20.3 Å². The molecule has 3 nitrogen and oxygen atoms in total. The molecule has 0 heterocycles. The first kappa shape index (κ1) is 17.0. The number of anilines is 1. The number of hydrogen-bond donors (Lipinski definition) is 1. The van der Waals surface area contributed by atoms with Crippen molar-refractivity contribution < 1.29 is 9.47 Å². The number of rotatable bonds is 9. The molecule has 0 amide bonds. The molecule has 1 rings (SSSR count). The molecule has 0 spiro atoms. The summed E-state index contributed by atoms with van der Waals surface area (Å²) in [6, 6.07) is 4.07. The van der Waals surface area contributed by atoms with Gasteiger partial charge in [0.15, 0.2) is 11.5 Å². The summed E-state index contributed by atoms with van der Waals surface area (Å²) >= 11 is 6.27. The lowest BCUT2D eigenvalue weighted by atomic mass is 10.1. The van der Waals surface area contributed by atoms with Gasteiger partial charge in [-0.1, -0.05) is 44.2 Å². The van der Waals surface area contributed by atoms with Crippen molar-refractivity contribution in [3.05, 3.63) is 17.2 Å². The minimum absolute atomic E-state index is 0.391. The lowest BCUT2D eigenvalue weighted by Gasteiger charge is -2.18. The minimum atomic E-state index is 0.391. The van der Waals surface area contributed by atoms with Crippen molar-refractivity contribution in [3.63, 3.8) is 0 Å². The van der Waals surface area contributed by atoms with Crippen LogP contribution >= 0.6 is 11.6 Å². The van der Waals surface area contributed by atoms with Crippen LogP contribution in [0.2, 0.25) is 5.02 Å². The summed E-state index contributed by atoms with van der Waals surface area (Å²) in [5.41, 5.74) is 0.896. The van der Waals surface area contributed by atoms with Crippen molar-refractivity contribution in [1.82, 2.24) is 0 Å². The highest BCUT2D eigenvalue weighted by atomic mass is 35.5. The highest BCUT2D eigenvalue weighted by Gasteiger charge is 2.11. The van der Waals surface area contributed by atoms with E-state index in [2.05, 4.69) is 19.2 Å². The van der Waals surface area contributed by atoms with Crippen molar-refractivity contribution >= 4 is 17.3 Å². The van der Waals surface area contributed by atoms with Gasteiger partial charge in [0.05, 0.1) is 24.9 Å². The topological polar surface area (TPSA) is 30.5 Å². The molecule has 0 saturated heterocycles. The predicted octanol–water partition coefficient (Wildman–Crippen LogP) is 5.13. The van der Waals surface area contributed by atoms with Crippen molar-refractivity contribution in [1.29, 1.82) is 0 Å².